The zero-order valence-corrected chi connectivity index (χ0v) is 15.9. The molecule has 0 saturated carbocycles. The minimum Gasteiger partial charge on any atom is -0.305 e. The lowest BCUT2D eigenvalue weighted by Gasteiger charge is -2.24. The van der Waals surface area contributed by atoms with Crippen LogP contribution in [0.3, 0.4) is 0 Å². The molecule has 1 atom stereocenters. The van der Waals surface area contributed by atoms with Gasteiger partial charge in [-0.05, 0) is 63.3 Å². The maximum absolute atomic E-state index is 4.72. The van der Waals surface area contributed by atoms with E-state index in [1.54, 1.807) is 11.3 Å². The van der Waals surface area contributed by atoms with Crippen LogP contribution in [0, 0.1) is 20.8 Å². The van der Waals surface area contributed by atoms with E-state index in [4.69, 9.17) is 5.10 Å². The van der Waals surface area contributed by atoms with E-state index in [0.717, 1.165) is 18.0 Å². The zero-order chi connectivity index (χ0) is 17.4. The predicted molar refractivity (Wildman–Crippen MR) is 102 cm³/mol. The van der Waals surface area contributed by atoms with Gasteiger partial charge in [0.2, 0.25) is 0 Å². The van der Waals surface area contributed by atoms with Crippen molar-refractivity contribution < 1.29 is 0 Å². The van der Waals surface area contributed by atoms with E-state index in [0.29, 0.717) is 6.04 Å². The second kappa shape index (κ2) is 6.73. The van der Waals surface area contributed by atoms with Gasteiger partial charge in [-0.1, -0.05) is 6.07 Å². The molecule has 1 aliphatic carbocycles. The molecule has 4 nitrogen and oxygen atoms in total. The molecular formula is C20H24N4S. The number of rotatable bonds is 4. The van der Waals surface area contributed by atoms with Gasteiger partial charge in [0, 0.05) is 34.9 Å². The lowest BCUT2D eigenvalue weighted by atomic mass is 9.93. The Morgan fingerprint density at radius 2 is 2.08 bits per heavy atom. The number of aryl methyl sites for hydroxylation is 3. The summed E-state index contributed by atoms with van der Waals surface area (Å²) in [5.74, 6) is 0. The van der Waals surface area contributed by atoms with Gasteiger partial charge in [-0.15, -0.1) is 11.3 Å². The number of thiazole rings is 1. The van der Waals surface area contributed by atoms with Gasteiger partial charge in [0.05, 0.1) is 16.9 Å². The normalized spacial score (nSPS) is 16.8. The molecule has 0 saturated heterocycles. The molecule has 3 aromatic rings. The Morgan fingerprint density at radius 3 is 2.84 bits per heavy atom. The summed E-state index contributed by atoms with van der Waals surface area (Å²) in [7, 11) is 0. The van der Waals surface area contributed by atoms with E-state index in [1.165, 1.54) is 45.8 Å². The van der Waals surface area contributed by atoms with Crippen molar-refractivity contribution in [1.82, 2.24) is 20.1 Å². The molecule has 0 bridgehead atoms. The summed E-state index contributed by atoms with van der Waals surface area (Å²) in [6.45, 7) is 7.25. The van der Waals surface area contributed by atoms with Crippen molar-refractivity contribution in [2.45, 2.75) is 52.6 Å². The summed E-state index contributed by atoms with van der Waals surface area (Å²) < 4.78 is 2.13. The highest BCUT2D eigenvalue weighted by Crippen LogP contribution is 2.31. The van der Waals surface area contributed by atoms with E-state index in [9.17, 15) is 0 Å². The average molecular weight is 353 g/mol. The largest absolute Gasteiger partial charge is 0.305 e. The fourth-order valence-corrected chi connectivity index (χ4v) is 4.31. The third-order valence-corrected chi connectivity index (χ3v) is 6.02. The summed E-state index contributed by atoms with van der Waals surface area (Å²) in [5.41, 5.74) is 6.51. The van der Waals surface area contributed by atoms with Crippen molar-refractivity contribution in [3.8, 4) is 5.69 Å². The van der Waals surface area contributed by atoms with Gasteiger partial charge in [0.15, 0.2) is 0 Å². The van der Waals surface area contributed by atoms with Gasteiger partial charge in [-0.25, -0.2) is 9.67 Å². The summed E-state index contributed by atoms with van der Waals surface area (Å²) in [6, 6.07) is 6.97. The Hall–Kier alpha value is -1.98. The van der Waals surface area contributed by atoms with Crippen molar-refractivity contribution in [3.05, 3.63) is 62.9 Å². The molecule has 2 heterocycles. The highest BCUT2D eigenvalue weighted by molar-refractivity contribution is 7.11. The molecule has 0 amide bonds. The van der Waals surface area contributed by atoms with Crippen molar-refractivity contribution in [2.24, 2.45) is 0 Å². The Balaban J connectivity index is 1.58. The van der Waals surface area contributed by atoms with Crippen molar-refractivity contribution >= 4 is 11.3 Å². The number of hydrogen-bond acceptors (Lipinski definition) is 4. The van der Waals surface area contributed by atoms with Gasteiger partial charge in [-0.3, -0.25) is 0 Å². The molecule has 0 unspecified atom stereocenters. The zero-order valence-electron chi connectivity index (χ0n) is 15.0. The molecule has 0 spiro atoms. The monoisotopic (exact) mass is 352 g/mol. The molecule has 25 heavy (non-hydrogen) atoms. The van der Waals surface area contributed by atoms with Crippen molar-refractivity contribution in [1.29, 1.82) is 0 Å². The molecule has 1 aliphatic rings. The van der Waals surface area contributed by atoms with Crippen LogP contribution in [0.5, 0.6) is 0 Å². The number of fused-ring (bicyclic) bond motifs is 1. The quantitative estimate of drug-likeness (QED) is 0.756. The van der Waals surface area contributed by atoms with Crippen LogP contribution in [-0.4, -0.2) is 14.8 Å². The lowest BCUT2D eigenvalue weighted by molar-refractivity contribution is 0.456. The summed E-state index contributed by atoms with van der Waals surface area (Å²) >= 11 is 1.77. The molecular weight excluding hydrogens is 328 g/mol. The van der Waals surface area contributed by atoms with Gasteiger partial charge in [0.25, 0.3) is 0 Å². The second-order valence-electron chi connectivity index (χ2n) is 6.90. The Bertz CT molecular complexity index is 893. The van der Waals surface area contributed by atoms with Crippen molar-refractivity contribution in [2.75, 3.05) is 0 Å². The molecule has 5 heteroatoms. The minimum atomic E-state index is 0.381. The third kappa shape index (κ3) is 3.26. The number of hydrogen-bond donors (Lipinski definition) is 1. The van der Waals surface area contributed by atoms with E-state index in [1.807, 2.05) is 6.20 Å². The average Bonchev–Trinajstić information content (AvgIpc) is 3.22. The van der Waals surface area contributed by atoms with Gasteiger partial charge < -0.3 is 5.32 Å². The van der Waals surface area contributed by atoms with Crippen LogP contribution >= 0.6 is 11.3 Å². The fourth-order valence-electron chi connectivity index (χ4n) is 3.56. The molecule has 1 aromatic carbocycles. The van der Waals surface area contributed by atoms with Crippen LogP contribution in [-0.2, 0) is 13.0 Å². The highest BCUT2D eigenvalue weighted by Gasteiger charge is 2.24. The molecule has 130 valence electrons. The number of aromatic nitrogens is 3. The first kappa shape index (κ1) is 16.5. The molecule has 0 fully saturated rings. The van der Waals surface area contributed by atoms with E-state index in [2.05, 4.69) is 60.1 Å². The van der Waals surface area contributed by atoms with Crippen LogP contribution in [0.4, 0.5) is 0 Å². The summed E-state index contributed by atoms with van der Waals surface area (Å²) in [4.78, 5) is 5.64. The van der Waals surface area contributed by atoms with Gasteiger partial charge in [-0.2, -0.15) is 5.10 Å². The standard InChI is InChI=1S/C20H24N4S/c1-13-7-8-16(9-14(13)2)24-20-6-4-5-19(18(20)12-23-24)22-11-17-10-21-15(3)25-17/h7-10,12,19,22H,4-6,11H2,1-3H3/t19-/m1/s1. The Labute approximate surface area is 152 Å². The van der Waals surface area contributed by atoms with Gasteiger partial charge >= 0.3 is 0 Å². The van der Waals surface area contributed by atoms with E-state index in [-0.39, 0.29) is 0 Å². The van der Waals surface area contributed by atoms with Crippen LogP contribution in [0.25, 0.3) is 5.69 Å². The molecule has 0 radical (unpaired) electrons. The first-order valence-corrected chi connectivity index (χ1v) is 9.72. The molecule has 4 rings (SSSR count). The maximum Gasteiger partial charge on any atom is 0.0897 e. The molecule has 1 N–H and O–H groups in total. The second-order valence-corrected chi connectivity index (χ2v) is 8.22. The smallest absolute Gasteiger partial charge is 0.0897 e. The summed E-state index contributed by atoms with van der Waals surface area (Å²) in [6.07, 6.45) is 7.50. The number of nitrogens with one attached hydrogen (secondary N) is 1. The van der Waals surface area contributed by atoms with E-state index < -0.39 is 0 Å². The first-order valence-electron chi connectivity index (χ1n) is 8.91. The van der Waals surface area contributed by atoms with Crippen LogP contribution in [0.2, 0.25) is 0 Å². The van der Waals surface area contributed by atoms with E-state index >= 15 is 0 Å². The number of benzene rings is 1. The Morgan fingerprint density at radius 1 is 1.20 bits per heavy atom. The maximum atomic E-state index is 4.72. The molecule has 2 aromatic heterocycles. The van der Waals surface area contributed by atoms with Crippen molar-refractivity contribution in [3.63, 3.8) is 0 Å². The topological polar surface area (TPSA) is 42.7 Å². The predicted octanol–water partition coefficient (Wildman–Crippen LogP) is 4.42. The van der Waals surface area contributed by atoms with Crippen LogP contribution in [0.15, 0.2) is 30.6 Å². The fraction of sp³-hybridized carbons (Fsp3) is 0.400. The number of nitrogens with zero attached hydrogens (tertiary/aromatic N) is 3. The van der Waals surface area contributed by atoms with Gasteiger partial charge in [0.1, 0.15) is 0 Å². The lowest BCUT2D eigenvalue weighted by Crippen LogP contribution is -2.24. The SMILES string of the molecule is Cc1ncc(CN[C@@H]2CCCc3c2cnn3-c2ccc(C)c(C)c2)s1. The first-order chi connectivity index (χ1) is 12.1. The minimum absolute atomic E-state index is 0.381. The summed E-state index contributed by atoms with van der Waals surface area (Å²) in [5, 5.41) is 9.55. The molecule has 0 aliphatic heterocycles. The third-order valence-electron chi connectivity index (χ3n) is 5.11. The van der Waals surface area contributed by atoms with Crippen LogP contribution in [0.1, 0.15) is 51.2 Å². The highest BCUT2D eigenvalue weighted by atomic mass is 32.1. The van der Waals surface area contributed by atoms with Crippen LogP contribution < -0.4 is 5.32 Å². The Kier molecular flexibility index (Phi) is 4.44.